The summed E-state index contributed by atoms with van der Waals surface area (Å²) in [4.78, 5) is 16.0. The minimum atomic E-state index is -0.147. The summed E-state index contributed by atoms with van der Waals surface area (Å²) in [6.07, 6.45) is 1.58. The topological polar surface area (TPSA) is 60.5 Å². The van der Waals surface area contributed by atoms with E-state index in [9.17, 15) is 4.79 Å². The van der Waals surface area contributed by atoms with Gasteiger partial charge in [0.05, 0.1) is 0 Å². The number of hydrogen-bond acceptors (Lipinski definition) is 4. The van der Waals surface area contributed by atoms with Crippen LogP contribution in [0.1, 0.15) is 15.9 Å². The van der Waals surface area contributed by atoms with E-state index in [4.69, 9.17) is 9.47 Å². The van der Waals surface area contributed by atoms with E-state index in [2.05, 4.69) is 26.2 Å². The Hall–Kier alpha value is -2.08. The highest BCUT2D eigenvalue weighted by atomic mass is 79.9. The number of fused-ring (bicyclic) bond motifs is 1. The van der Waals surface area contributed by atoms with Gasteiger partial charge in [0.25, 0.3) is 5.91 Å². The summed E-state index contributed by atoms with van der Waals surface area (Å²) in [7, 11) is 0. The normalized spacial score (nSPS) is 12.2. The van der Waals surface area contributed by atoms with Crippen molar-refractivity contribution in [3.63, 3.8) is 0 Å². The lowest BCUT2D eigenvalue weighted by Gasteiger charge is -2.06. The van der Waals surface area contributed by atoms with Crippen molar-refractivity contribution in [3.05, 3.63) is 52.3 Å². The highest BCUT2D eigenvalue weighted by molar-refractivity contribution is 9.10. The maximum Gasteiger partial charge on any atom is 0.251 e. The van der Waals surface area contributed by atoms with E-state index in [1.165, 1.54) is 0 Å². The van der Waals surface area contributed by atoms with Crippen LogP contribution < -0.4 is 14.8 Å². The zero-order chi connectivity index (χ0) is 13.9. The van der Waals surface area contributed by atoms with Gasteiger partial charge in [-0.1, -0.05) is 6.07 Å². The van der Waals surface area contributed by atoms with Crippen molar-refractivity contribution in [1.29, 1.82) is 0 Å². The van der Waals surface area contributed by atoms with Gasteiger partial charge in [0, 0.05) is 18.3 Å². The predicted molar refractivity (Wildman–Crippen MR) is 75.7 cm³/mol. The molecule has 1 aliphatic rings. The molecule has 3 rings (SSSR count). The number of hydrogen-bond donors (Lipinski definition) is 1. The molecule has 5 nitrogen and oxygen atoms in total. The molecule has 2 aromatic rings. The fraction of sp³-hybridized carbons (Fsp3) is 0.143. The molecule has 2 heterocycles. The molecule has 0 unspecified atom stereocenters. The van der Waals surface area contributed by atoms with Crippen molar-refractivity contribution in [1.82, 2.24) is 10.3 Å². The van der Waals surface area contributed by atoms with Gasteiger partial charge in [-0.05, 0) is 45.8 Å². The van der Waals surface area contributed by atoms with Crippen LogP contribution in [0, 0.1) is 0 Å². The lowest BCUT2D eigenvalue weighted by molar-refractivity contribution is 0.0950. The van der Waals surface area contributed by atoms with E-state index >= 15 is 0 Å². The highest BCUT2D eigenvalue weighted by Gasteiger charge is 2.13. The van der Waals surface area contributed by atoms with Crippen LogP contribution in [0.3, 0.4) is 0 Å². The van der Waals surface area contributed by atoms with Crippen LogP contribution in [0.25, 0.3) is 0 Å². The molecule has 1 aromatic heterocycles. The van der Waals surface area contributed by atoms with Crippen molar-refractivity contribution in [2.45, 2.75) is 6.54 Å². The second kappa shape index (κ2) is 5.50. The summed E-state index contributed by atoms with van der Waals surface area (Å²) < 4.78 is 11.2. The first kappa shape index (κ1) is 12.9. The van der Waals surface area contributed by atoms with Gasteiger partial charge in [-0.2, -0.15) is 0 Å². The molecular formula is C14H11BrN2O3. The first-order valence-electron chi connectivity index (χ1n) is 6.01. The summed E-state index contributed by atoms with van der Waals surface area (Å²) in [5, 5.41) is 2.85. The van der Waals surface area contributed by atoms with Gasteiger partial charge < -0.3 is 14.8 Å². The number of pyridine rings is 1. The molecule has 1 amide bonds. The van der Waals surface area contributed by atoms with E-state index in [-0.39, 0.29) is 12.7 Å². The highest BCUT2D eigenvalue weighted by Crippen LogP contribution is 2.32. The molecular weight excluding hydrogens is 324 g/mol. The molecule has 1 aliphatic heterocycles. The zero-order valence-corrected chi connectivity index (χ0v) is 12.0. The molecule has 0 bridgehead atoms. The van der Waals surface area contributed by atoms with Crippen molar-refractivity contribution < 1.29 is 14.3 Å². The SMILES string of the molecule is O=C(NCc1ccc2c(c1)OCO2)c1ccnc(Br)c1. The molecule has 0 aliphatic carbocycles. The van der Waals surface area contributed by atoms with E-state index in [0.717, 1.165) is 11.3 Å². The molecule has 1 aromatic carbocycles. The van der Waals surface area contributed by atoms with Gasteiger partial charge in [0.15, 0.2) is 11.5 Å². The van der Waals surface area contributed by atoms with Crippen molar-refractivity contribution in [2.24, 2.45) is 0 Å². The van der Waals surface area contributed by atoms with Crippen LogP contribution in [-0.2, 0) is 6.54 Å². The third kappa shape index (κ3) is 2.75. The Morgan fingerprint density at radius 3 is 2.95 bits per heavy atom. The zero-order valence-electron chi connectivity index (χ0n) is 10.4. The predicted octanol–water partition coefficient (Wildman–Crippen LogP) is 2.50. The molecule has 0 fully saturated rings. The molecule has 20 heavy (non-hydrogen) atoms. The van der Waals surface area contributed by atoms with Gasteiger partial charge in [-0.3, -0.25) is 4.79 Å². The Balaban J connectivity index is 1.66. The molecule has 0 saturated heterocycles. The minimum absolute atomic E-state index is 0.147. The van der Waals surface area contributed by atoms with Crippen molar-refractivity contribution in [2.75, 3.05) is 6.79 Å². The Kier molecular flexibility index (Phi) is 3.56. The van der Waals surface area contributed by atoms with Crippen LogP contribution in [0.2, 0.25) is 0 Å². The smallest absolute Gasteiger partial charge is 0.251 e. The third-order valence-electron chi connectivity index (χ3n) is 2.88. The Labute approximate surface area is 124 Å². The number of aromatic nitrogens is 1. The summed E-state index contributed by atoms with van der Waals surface area (Å²) in [6, 6.07) is 8.95. The van der Waals surface area contributed by atoms with Crippen LogP contribution in [0.15, 0.2) is 41.1 Å². The fourth-order valence-electron chi connectivity index (χ4n) is 1.88. The van der Waals surface area contributed by atoms with Crippen LogP contribution in [-0.4, -0.2) is 17.7 Å². The van der Waals surface area contributed by atoms with Crippen LogP contribution >= 0.6 is 15.9 Å². The number of halogens is 1. The second-order valence-corrected chi connectivity index (χ2v) is 5.05. The van der Waals surface area contributed by atoms with Gasteiger partial charge in [0.2, 0.25) is 6.79 Å². The standard InChI is InChI=1S/C14H11BrN2O3/c15-13-6-10(3-4-16-13)14(18)17-7-9-1-2-11-12(5-9)20-8-19-11/h1-6H,7-8H2,(H,17,18). The number of carbonyl (C=O) groups excluding carboxylic acids is 1. The summed E-state index contributed by atoms with van der Waals surface area (Å²) in [5.41, 5.74) is 1.52. The lowest BCUT2D eigenvalue weighted by Crippen LogP contribution is -2.22. The largest absolute Gasteiger partial charge is 0.454 e. The molecule has 0 atom stereocenters. The van der Waals surface area contributed by atoms with Crippen molar-refractivity contribution >= 4 is 21.8 Å². The number of ether oxygens (including phenoxy) is 2. The lowest BCUT2D eigenvalue weighted by atomic mass is 10.2. The maximum atomic E-state index is 12.0. The molecule has 0 spiro atoms. The molecule has 0 saturated carbocycles. The van der Waals surface area contributed by atoms with Gasteiger partial charge in [0.1, 0.15) is 4.60 Å². The monoisotopic (exact) mass is 334 g/mol. The molecule has 0 radical (unpaired) electrons. The van der Waals surface area contributed by atoms with Crippen LogP contribution in [0.4, 0.5) is 0 Å². The first-order chi connectivity index (χ1) is 9.72. The summed E-state index contributed by atoms with van der Waals surface area (Å²) >= 11 is 3.24. The Morgan fingerprint density at radius 1 is 1.25 bits per heavy atom. The third-order valence-corrected chi connectivity index (χ3v) is 3.31. The Bertz CT molecular complexity index is 661. The van der Waals surface area contributed by atoms with Gasteiger partial charge in [-0.25, -0.2) is 4.98 Å². The number of carbonyl (C=O) groups is 1. The number of benzene rings is 1. The van der Waals surface area contributed by atoms with Crippen LogP contribution in [0.5, 0.6) is 11.5 Å². The summed E-state index contributed by atoms with van der Waals surface area (Å²) in [5.74, 6) is 1.30. The van der Waals surface area contributed by atoms with E-state index in [0.29, 0.717) is 22.5 Å². The molecule has 102 valence electrons. The average molecular weight is 335 g/mol. The quantitative estimate of drug-likeness (QED) is 0.876. The van der Waals surface area contributed by atoms with Gasteiger partial charge in [-0.15, -0.1) is 0 Å². The van der Waals surface area contributed by atoms with E-state index in [1.807, 2.05) is 18.2 Å². The van der Waals surface area contributed by atoms with Crippen molar-refractivity contribution in [3.8, 4) is 11.5 Å². The maximum absolute atomic E-state index is 12.0. The van der Waals surface area contributed by atoms with Gasteiger partial charge >= 0.3 is 0 Å². The molecule has 6 heteroatoms. The second-order valence-electron chi connectivity index (χ2n) is 4.24. The minimum Gasteiger partial charge on any atom is -0.454 e. The fourth-order valence-corrected chi connectivity index (χ4v) is 2.24. The molecule has 1 N–H and O–H groups in total. The van der Waals surface area contributed by atoms with E-state index in [1.54, 1.807) is 18.3 Å². The first-order valence-corrected chi connectivity index (χ1v) is 6.80. The van der Waals surface area contributed by atoms with E-state index < -0.39 is 0 Å². The Morgan fingerprint density at radius 2 is 2.10 bits per heavy atom. The number of amides is 1. The number of nitrogens with zero attached hydrogens (tertiary/aromatic N) is 1. The summed E-state index contributed by atoms with van der Waals surface area (Å²) in [6.45, 7) is 0.672. The number of nitrogens with one attached hydrogen (secondary N) is 1. The number of rotatable bonds is 3. The average Bonchev–Trinajstić information content (AvgIpc) is 2.92.